The van der Waals surface area contributed by atoms with Crippen LogP contribution in [0.4, 0.5) is 0 Å². The third-order valence-electron chi connectivity index (χ3n) is 14.8. The molecule has 17 nitrogen and oxygen atoms in total. The molecule has 5 atom stereocenters. The zero-order valence-electron chi connectivity index (χ0n) is 62.7. The number of rotatable bonds is 69. The van der Waals surface area contributed by atoms with Crippen LogP contribution in [0.5, 0.6) is 0 Å². The van der Waals surface area contributed by atoms with Crippen LogP contribution in [0.25, 0.3) is 0 Å². The van der Waals surface area contributed by atoms with Crippen LogP contribution in [0, 0.1) is 0 Å². The minimum absolute atomic E-state index is 0.0254. The Kier molecular flexibility index (Phi) is 69.3. The van der Waals surface area contributed by atoms with Gasteiger partial charge < -0.3 is 33.8 Å². The maximum Gasteiger partial charge on any atom is 0.472 e. The maximum atomic E-state index is 13.1. The van der Waals surface area contributed by atoms with Gasteiger partial charge in [-0.05, 0) is 161 Å². The highest BCUT2D eigenvalue weighted by molar-refractivity contribution is 7.47. The number of hydrogen-bond acceptors (Lipinski definition) is 15. The second-order valence-electron chi connectivity index (χ2n) is 24.4. The van der Waals surface area contributed by atoms with E-state index in [9.17, 15) is 43.2 Å². The predicted molar refractivity (Wildman–Crippen MR) is 417 cm³/mol. The molecule has 576 valence electrons. The first-order valence-electron chi connectivity index (χ1n) is 38.0. The van der Waals surface area contributed by atoms with E-state index in [-0.39, 0.29) is 25.7 Å². The van der Waals surface area contributed by atoms with Crippen LogP contribution in [-0.4, -0.2) is 96.7 Å². The Balaban J connectivity index is 5.49. The van der Waals surface area contributed by atoms with Gasteiger partial charge in [-0.15, -0.1) is 0 Å². The topological polar surface area (TPSA) is 237 Å². The standard InChI is InChI=1S/C83H132O17P2/c1-5-9-13-17-21-25-29-33-36-37-38-39-42-45-48-52-56-60-64-68-81(86)94-73-78(99-82(87)69-65-61-57-53-49-43-32-28-24-20-16-12-8-4)75-97-101(89,90)95-71-77(84)72-96-102(91,92)98-76-79(100-83(88)70-66-62-58-54-50-46-41-35-31-27-23-19-15-11-7-3)74-93-80(85)67-63-59-55-51-47-44-40-34-30-26-22-18-14-10-6-2/h9-11,13-16,20-23,25-28,32-36,38-41,45,47-48,51,56,60,77-79,84H,5-8,12,17-19,24,29-31,37,42-44,46,49-50,52-55,57-59,61-76H2,1-4H3,(H,89,90)(H,91,92)/b13-9-,14-10-,15-11-,20-16-,25-21-,26-22-,27-23-,32-28-,36-33-,39-38-,40-34-,41-35-,48-45-,51-47-,60-56-. The van der Waals surface area contributed by atoms with E-state index in [1.54, 1.807) is 0 Å². The summed E-state index contributed by atoms with van der Waals surface area (Å²) in [5.74, 6) is -2.38. The monoisotopic (exact) mass is 1460 g/mol. The fourth-order valence-electron chi connectivity index (χ4n) is 9.17. The number of phosphoric ester groups is 2. The Hall–Kier alpha value is -5.84. The van der Waals surface area contributed by atoms with Gasteiger partial charge in [0.05, 0.1) is 26.4 Å². The quantitative estimate of drug-likeness (QED) is 0.0169. The smallest absolute Gasteiger partial charge is 0.462 e. The molecule has 0 aliphatic carbocycles. The lowest BCUT2D eigenvalue weighted by Crippen LogP contribution is -2.30. The van der Waals surface area contributed by atoms with E-state index in [2.05, 4.69) is 192 Å². The van der Waals surface area contributed by atoms with Gasteiger partial charge >= 0.3 is 39.5 Å². The Morgan fingerprint density at radius 2 is 0.529 bits per heavy atom. The number of carbonyl (C=O) groups excluding carboxylic acids is 4. The summed E-state index contributed by atoms with van der Waals surface area (Å²) in [6.45, 7) is 4.26. The molecule has 19 heteroatoms. The van der Waals surface area contributed by atoms with Crippen molar-refractivity contribution in [2.24, 2.45) is 0 Å². The van der Waals surface area contributed by atoms with E-state index in [4.69, 9.17) is 37.0 Å². The van der Waals surface area contributed by atoms with Crippen molar-refractivity contribution < 1.29 is 80.2 Å². The number of allylic oxidation sites excluding steroid dienone is 30. The van der Waals surface area contributed by atoms with Crippen LogP contribution < -0.4 is 0 Å². The van der Waals surface area contributed by atoms with E-state index < -0.39 is 97.5 Å². The lowest BCUT2D eigenvalue weighted by atomic mass is 10.1. The highest BCUT2D eigenvalue weighted by Gasteiger charge is 2.30. The van der Waals surface area contributed by atoms with Crippen LogP contribution in [0.3, 0.4) is 0 Å². The first-order chi connectivity index (χ1) is 49.7. The van der Waals surface area contributed by atoms with Crippen LogP contribution in [0.15, 0.2) is 182 Å². The zero-order chi connectivity index (χ0) is 74.6. The molecule has 0 aromatic rings. The van der Waals surface area contributed by atoms with Crippen LogP contribution in [-0.2, 0) is 65.4 Å². The van der Waals surface area contributed by atoms with Gasteiger partial charge in [-0.2, -0.15) is 0 Å². The molecule has 0 saturated heterocycles. The molecule has 0 amide bonds. The molecule has 0 radical (unpaired) electrons. The van der Waals surface area contributed by atoms with Gasteiger partial charge in [0.1, 0.15) is 19.3 Å². The summed E-state index contributed by atoms with van der Waals surface area (Å²) in [4.78, 5) is 72.8. The minimum atomic E-state index is -5.01. The summed E-state index contributed by atoms with van der Waals surface area (Å²) >= 11 is 0. The summed E-state index contributed by atoms with van der Waals surface area (Å²) in [6.07, 6.45) is 87.6. The average molecular weight is 1460 g/mol. The molecule has 0 aliphatic heterocycles. The Morgan fingerprint density at radius 1 is 0.284 bits per heavy atom. The van der Waals surface area contributed by atoms with Gasteiger partial charge in [0, 0.05) is 25.7 Å². The summed E-state index contributed by atoms with van der Waals surface area (Å²) in [7, 11) is -10.0. The fraction of sp³-hybridized carbons (Fsp3) is 0.590. The lowest BCUT2D eigenvalue weighted by molar-refractivity contribution is -0.161. The molecule has 0 aliphatic rings. The van der Waals surface area contributed by atoms with E-state index in [1.165, 1.54) is 0 Å². The van der Waals surface area contributed by atoms with Gasteiger partial charge in [0.15, 0.2) is 12.2 Å². The van der Waals surface area contributed by atoms with Gasteiger partial charge in [-0.1, -0.05) is 255 Å². The largest absolute Gasteiger partial charge is 0.472 e. The van der Waals surface area contributed by atoms with Crippen molar-refractivity contribution in [2.75, 3.05) is 39.6 Å². The van der Waals surface area contributed by atoms with Crippen molar-refractivity contribution >= 4 is 39.5 Å². The average Bonchev–Trinajstić information content (AvgIpc) is 0.908. The number of aliphatic hydroxyl groups is 1. The van der Waals surface area contributed by atoms with E-state index >= 15 is 0 Å². The maximum absolute atomic E-state index is 13.1. The third kappa shape index (κ3) is 72.5. The second kappa shape index (κ2) is 73.5. The first kappa shape index (κ1) is 96.2. The number of hydrogen-bond donors (Lipinski definition) is 3. The van der Waals surface area contributed by atoms with Crippen LogP contribution in [0.2, 0.25) is 0 Å². The SMILES string of the molecule is CC/C=C\C/C=C\C/C=C\C/C=C\C/C=C\C/C=C\CCC(=O)OCC(COP(=O)(O)OCC(O)COP(=O)(O)OCC(COC(=O)CCCC/C=C\C/C=C\C/C=C\C/C=C\CC)OC(=O)CCCCCCC/C=C\C/C=C\C/C=C\CC)OC(=O)CCCCCCC/C=C\C/C=C\CCC. The van der Waals surface area contributed by atoms with Crippen molar-refractivity contribution in [1.82, 2.24) is 0 Å². The van der Waals surface area contributed by atoms with Crippen molar-refractivity contribution in [3.63, 3.8) is 0 Å². The molecule has 0 saturated carbocycles. The summed E-state index contributed by atoms with van der Waals surface area (Å²) in [6, 6.07) is 0. The molecule has 5 unspecified atom stereocenters. The summed E-state index contributed by atoms with van der Waals surface area (Å²) in [5.41, 5.74) is 0. The Bertz CT molecular complexity index is 2650. The minimum Gasteiger partial charge on any atom is -0.462 e. The number of carbonyl (C=O) groups is 4. The summed E-state index contributed by atoms with van der Waals surface area (Å²) < 4.78 is 68.3. The number of ether oxygens (including phenoxy) is 4. The van der Waals surface area contributed by atoms with Crippen LogP contribution in [0.1, 0.15) is 259 Å². The molecule has 0 bridgehead atoms. The van der Waals surface area contributed by atoms with Crippen molar-refractivity contribution in [3.8, 4) is 0 Å². The molecule has 0 aromatic heterocycles. The number of esters is 4. The van der Waals surface area contributed by atoms with Crippen molar-refractivity contribution in [3.05, 3.63) is 182 Å². The number of unbranched alkanes of at least 4 members (excludes halogenated alkanes) is 13. The lowest BCUT2D eigenvalue weighted by Gasteiger charge is -2.21. The van der Waals surface area contributed by atoms with E-state index in [1.807, 2.05) is 18.2 Å². The van der Waals surface area contributed by atoms with E-state index in [0.717, 1.165) is 173 Å². The molecule has 0 heterocycles. The highest BCUT2D eigenvalue weighted by Crippen LogP contribution is 2.45. The van der Waals surface area contributed by atoms with Gasteiger partial charge in [0.25, 0.3) is 0 Å². The van der Waals surface area contributed by atoms with Crippen LogP contribution >= 0.6 is 15.6 Å². The molecule has 3 N–H and O–H groups in total. The fourth-order valence-corrected chi connectivity index (χ4v) is 10.7. The molecular formula is C83H132O17P2. The number of aliphatic hydroxyl groups excluding tert-OH is 1. The highest BCUT2D eigenvalue weighted by atomic mass is 31.2. The van der Waals surface area contributed by atoms with Gasteiger partial charge in [0.2, 0.25) is 0 Å². The zero-order valence-corrected chi connectivity index (χ0v) is 64.5. The Labute approximate surface area is 615 Å². The van der Waals surface area contributed by atoms with E-state index in [0.29, 0.717) is 32.1 Å². The molecule has 0 aromatic carbocycles. The van der Waals surface area contributed by atoms with Gasteiger partial charge in [-0.25, -0.2) is 9.13 Å². The molecule has 0 rings (SSSR count). The first-order valence-corrected chi connectivity index (χ1v) is 41.0. The molecule has 102 heavy (non-hydrogen) atoms. The molecular weight excluding hydrogens is 1330 g/mol. The predicted octanol–water partition coefficient (Wildman–Crippen LogP) is 22.0. The molecule has 0 spiro atoms. The second-order valence-corrected chi connectivity index (χ2v) is 27.3. The third-order valence-corrected chi connectivity index (χ3v) is 16.7. The summed E-state index contributed by atoms with van der Waals surface area (Å²) in [5, 5.41) is 10.6. The Morgan fingerprint density at radius 3 is 0.863 bits per heavy atom. The molecule has 0 fully saturated rings. The van der Waals surface area contributed by atoms with Gasteiger partial charge in [-0.3, -0.25) is 37.3 Å². The van der Waals surface area contributed by atoms with Crippen molar-refractivity contribution in [2.45, 2.75) is 277 Å². The number of phosphoric acid groups is 2. The normalized spacial score (nSPS) is 14.9. The van der Waals surface area contributed by atoms with Crippen molar-refractivity contribution in [1.29, 1.82) is 0 Å².